The Balaban J connectivity index is 1.24. The van der Waals surface area contributed by atoms with E-state index in [1.807, 2.05) is 0 Å². The van der Waals surface area contributed by atoms with Gasteiger partial charge in [-0.25, -0.2) is 4.98 Å². The number of rotatable bonds is 8. The van der Waals surface area contributed by atoms with Crippen LogP contribution in [0.15, 0.2) is 252 Å². The maximum absolute atomic E-state index is 10.9. The lowest BCUT2D eigenvalue weighted by Gasteiger charge is -2.35. The van der Waals surface area contributed by atoms with Crippen molar-refractivity contribution in [1.82, 2.24) is 24.1 Å². The van der Waals surface area contributed by atoms with Crippen LogP contribution in [0.3, 0.4) is 0 Å². The number of hydrogen-bond acceptors (Lipinski definition) is 4. The zero-order chi connectivity index (χ0) is 70.5. The molecule has 4 aromatic heterocycles. The Morgan fingerprint density at radius 3 is 1.71 bits per heavy atom. The molecule has 0 N–H and O–H groups in total. The highest BCUT2D eigenvalue weighted by Crippen LogP contribution is 2.37. The quantitative estimate of drug-likeness (QED) is 0.112. The summed E-state index contributed by atoms with van der Waals surface area (Å²) >= 11 is 0. The van der Waals surface area contributed by atoms with Crippen molar-refractivity contribution in [2.75, 3.05) is 0 Å². The predicted octanol–water partition coefficient (Wildman–Crippen LogP) is 12.7. The van der Waals surface area contributed by atoms with Crippen LogP contribution in [0.4, 0.5) is 0 Å². The molecule has 1 atom stereocenters. The largest absolute Gasteiger partial charge is 0.456 e. The number of para-hydroxylation sites is 6. The molecule has 14 rings (SSSR count). The van der Waals surface area contributed by atoms with E-state index in [0.29, 0.717) is 16.4 Å². The standard InChI is InChI=1S/C63H41N5OSi/c1-3-22-43(23-4-1)70(44-24-5-2-6-25-44,59-40-20-39-58-60(59)51-32-12-18-38-57(51)69-58)45-26-19-21-42(41-45)61-64-62(66-63(65-61)68-54-35-15-9-29-48(54)49-30-10-16-36-55(49)68)50-31-11-17-37-56(50)67-52-33-13-7-27-46(52)47-28-8-14-34-53(47)67/h1-41H/i1D,3D,4D,7D,8D,9D,10D,11D,13D,14D,15D,16D,17D,19D,21D,22D,26D,27D,28D,29D,30D,31D,33D,34D,35D,36D,37D,41D. The van der Waals surface area contributed by atoms with E-state index in [2.05, 4.69) is 0 Å². The molecule has 6 nitrogen and oxygen atoms in total. The molecule has 0 bridgehead atoms. The second-order valence-corrected chi connectivity index (χ2v) is 19.4. The second kappa shape index (κ2) is 16.0. The molecular weight excluding hydrogens is 871 g/mol. The van der Waals surface area contributed by atoms with E-state index >= 15 is 0 Å². The number of nitrogens with zero attached hydrogens (tertiary/aromatic N) is 5. The van der Waals surface area contributed by atoms with Crippen molar-refractivity contribution < 1.29 is 42.8 Å². The van der Waals surface area contributed by atoms with Crippen molar-refractivity contribution >= 4 is 94.4 Å². The fourth-order valence-electron chi connectivity index (χ4n) is 9.36. The summed E-state index contributed by atoms with van der Waals surface area (Å²) in [5.74, 6) is -2.90. The molecule has 0 fully saturated rings. The van der Waals surface area contributed by atoms with E-state index in [1.165, 1.54) is 6.07 Å². The third-order valence-electron chi connectivity index (χ3n) is 12.2. The van der Waals surface area contributed by atoms with E-state index in [0.717, 1.165) is 9.13 Å². The zero-order valence-electron chi connectivity index (χ0n) is 63.6. The van der Waals surface area contributed by atoms with E-state index in [4.69, 9.17) is 31.7 Å². The van der Waals surface area contributed by atoms with Crippen LogP contribution in [0.5, 0.6) is 0 Å². The first-order valence-electron chi connectivity index (χ1n) is 35.4. The van der Waals surface area contributed by atoms with Crippen LogP contribution in [-0.2, 0) is 0 Å². The average Bonchev–Trinajstić information content (AvgIpc) is 1.30. The third-order valence-corrected chi connectivity index (χ3v) is 16.7. The lowest BCUT2D eigenvalue weighted by Crippen LogP contribution is -2.74. The first-order chi connectivity index (χ1) is 46.4. The molecule has 328 valence electrons. The summed E-state index contributed by atoms with van der Waals surface area (Å²) in [6.07, 6.45) is 0. The SMILES string of the molecule is [2H]c1cc([Si](c2ccccc2)(c2c([2H])c([2H])c([2H])c(-c3nc(-c4c([2H])c([2H])c([2H])c([2H])c4-n4c5c([2H])c([2H])c([2H])c([2H])c5c5c([2H])c([2H])c([2H])c([2H])c54)nc(-n4c5c([2H])c([2H])c([2H])c([2H])c5c5c([2H])c([2H])c([2H])c([2H])c54)n3)c2[2H])c2cccc3oc4ccccc4c23)c([2H])c([2H])c1[2H]. The van der Waals surface area contributed by atoms with Crippen LogP contribution in [0.1, 0.15) is 38.4 Å². The first kappa shape index (κ1) is 21.0. The summed E-state index contributed by atoms with van der Waals surface area (Å²) in [6.45, 7) is 0. The van der Waals surface area contributed by atoms with Gasteiger partial charge >= 0.3 is 0 Å². The lowest BCUT2D eigenvalue weighted by atomic mass is 10.1. The maximum atomic E-state index is 10.9. The minimum atomic E-state index is -5.04. The molecule has 4 heterocycles. The van der Waals surface area contributed by atoms with E-state index < -0.39 is 260 Å². The summed E-state index contributed by atoms with van der Waals surface area (Å²) < 4.78 is 270. The third kappa shape index (κ3) is 6.02. The Morgan fingerprint density at radius 2 is 0.986 bits per heavy atom. The molecule has 0 saturated heterocycles. The van der Waals surface area contributed by atoms with Crippen molar-refractivity contribution in [2.45, 2.75) is 0 Å². The van der Waals surface area contributed by atoms with Gasteiger partial charge in [-0.2, -0.15) is 9.97 Å². The Hall–Kier alpha value is -9.17. The highest BCUT2D eigenvalue weighted by atomic mass is 28.3. The second-order valence-electron chi connectivity index (χ2n) is 15.8. The molecule has 1 unspecified atom stereocenters. The molecule has 10 aromatic carbocycles. The van der Waals surface area contributed by atoms with Gasteiger partial charge in [0.05, 0.1) is 66.1 Å². The number of aromatic nitrogens is 5. The van der Waals surface area contributed by atoms with Crippen molar-refractivity contribution in [1.29, 1.82) is 0 Å². The average molecular weight is 940 g/mol. The van der Waals surface area contributed by atoms with Gasteiger partial charge in [0, 0.05) is 43.4 Å². The van der Waals surface area contributed by atoms with E-state index in [1.54, 1.807) is 72.8 Å². The Morgan fingerprint density at radius 1 is 0.400 bits per heavy atom. The minimum absolute atomic E-state index is 0.171. The Kier molecular flexibility index (Phi) is 4.79. The topological polar surface area (TPSA) is 61.7 Å². The summed E-state index contributed by atoms with van der Waals surface area (Å²) in [4.78, 5) is 14.4. The molecule has 7 heteroatoms. The summed E-state index contributed by atoms with van der Waals surface area (Å²) in [5, 5.41) is -1.45. The summed E-state index contributed by atoms with van der Waals surface area (Å²) in [7, 11) is -5.04. The normalized spacial score (nSPS) is 18.3. The Labute approximate surface area is 443 Å². The molecule has 0 aliphatic carbocycles. The van der Waals surface area contributed by atoms with Crippen molar-refractivity contribution in [2.24, 2.45) is 0 Å². The van der Waals surface area contributed by atoms with Crippen LogP contribution in [0, 0.1) is 0 Å². The molecule has 0 aliphatic heterocycles. The van der Waals surface area contributed by atoms with Crippen LogP contribution < -0.4 is 20.7 Å². The van der Waals surface area contributed by atoms with Crippen LogP contribution in [0.25, 0.3) is 100.0 Å². The molecule has 0 radical (unpaired) electrons. The van der Waals surface area contributed by atoms with Gasteiger partial charge in [-0.1, -0.05) is 200 Å². The molecule has 14 aromatic rings. The minimum Gasteiger partial charge on any atom is -0.456 e. The lowest BCUT2D eigenvalue weighted by molar-refractivity contribution is 0.669. The van der Waals surface area contributed by atoms with Gasteiger partial charge in [0.2, 0.25) is 5.95 Å². The zero-order valence-corrected chi connectivity index (χ0v) is 36.6. The van der Waals surface area contributed by atoms with E-state index in [9.17, 15) is 26.0 Å². The molecule has 0 amide bonds. The maximum Gasteiger partial charge on any atom is 0.238 e. The fourth-order valence-corrected chi connectivity index (χ4v) is 13.9. The molecule has 0 aliphatic rings. The predicted molar refractivity (Wildman–Crippen MR) is 290 cm³/mol. The number of hydrogen-bond donors (Lipinski definition) is 0. The van der Waals surface area contributed by atoms with Gasteiger partial charge in [-0.05, 0) is 69.1 Å². The van der Waals surface area contributed by atoms with E-state index in [-0.39, 0.29) is 21.1 Å². The van der Waals surface area contributed by atoms with Crippen molar-refractivity contribution in [3.63, 3.8) is 0 Å². The van der Waals surface area contributed by atoms with Gasteiger partial charge in [0.1, 0.15) is 11.2 Å². The van der Waals surface area contributed by atoms with Gasteiger partial charge in [-0.15, -0.1) is 0 Å². The molecule has 0 spiro atoms. The summed E-state index contributed by atoms with van der Waals surface area (Å²) in [5.41, 5.74) is -4.61. The molecule has 0 saturated carbocycles. The molecule has 70 heavy (non-hydrogen) atoms. The summed E-state index contributed by atoms with van der Waals surface area (Å²) in [6, 6.07) is -3.79. The van der Waals surface area contributed by atoms with Crippen LogP contribution >= 0.6 is 0 Å². The van der Waals surface area contributed by atoms with Gasteiger partial charge < -0.3 is 8.98 Å². The van der Waals surface area contributed by atoms with Crippen molar-refractivity contribution in [3.05, 3.63) is 248 Å². The fraction of sp³-hybridized carbons (Fsp3) is 0. The number of furan rings is 1. The highest BCUT2D eigenvalue weighted by molar-refractivity contribution is 7.20. The monoisotopic (exact) mass is 939 g/mol. The van der Waals surface area contributed by atoms with Crippen molar-refractivity contribution in [3.8, 4) is 34.4 Å². The Bertz CT molecular complexity index is 5860. The highest BCUT2D eigenvalue weighted by Gasteiger charge is 2.43. The van der Waals surface area contributed by atoms with Gasteiger partial charge in [0.25, 0.3) is 0 Å². The van der Waals surface area contributed by atoms with Crippen LogP contribution in [-0.4, -0.2) is 32.2 Å². The first-order valence-corrected chi connectivity index (χ1v) is 23.4. The van der Waals surface area contributed by atoms with Crippen LogP contribution in [0.2, 0.25) is 0 Å². The molecular formula is C63H41N5OSi. The van der Waals surface area contributed by atoms with Gasteiger partial charge in [0.15, 0.2) is 19.7 Å². The number of fused-ring (bicyclic) bond motifs is 9. The smallest absolute Gasteiger partial charge is 0.238 e. The number of benzene rings is 10. The van der Waals surface area contributed by atoms with Gasteiger partial charge in [-0.3, -0.25) is 4.57 Å².